The van der Waals surface area contributed by atoms with Crippen molar-refractivity contribution in [3.05, 3.63) is 95.6 Å². The number of anilines is 2. The van der Waals surface area contributed by atoms with E-state index < -0.39 is 5.82 Å². The zero-order valence-corrected chi connectivity index (χ0v) is 16.7. The minimum atomic E-state index is -0.434. The Morgan fingerprint density at radius 3 is 2.45 bits per heavy atom. The third kappa shape index (κ3) is 4.71. The van der Waals surface area contributed by atoms with E-state index in [0.29, 0.717) is 35.6 Å². The van der Waals surface area contributed by atoms with Gasteiger partial charge in [0.15, 0.2) is 0 Å². The number of rotatable bonds is 5. The highest BCUT2D eigenvalue weighted by atomic mass is 19.1. The summed E-state index contributed by atoms with van der Waals surface area (Å²) >= 11 is 0. The van der Waals surface area contributed by atoms with Crippen molar-refractivity contribution in [3.63, 3.8) is 0 Å². The number of carbonyl (C=O) groups is 2. The molecule has 0 bridgehead atoms. The summed E-state index contributed by atoms with van der Waals surface area (Å²) in [6.07, 6.45) is 0.752. The molecule has 5 nitrogen and oxygen atoms in total. The number of hydrogen-bond donors (Lipinski definition) is 1. The van der Waals surface area contributed by atoms with Gasteiger partial charge in [-0.3, -0.25) is 9.69 Å². The van der Waals surface area contributed by atoms with Crippen LogP contribution in [0, 0.1) is 11.6 Å². The Kier molecular flexibility index (Phi) is 5.93. The summed E-state index contributed by atoms with van der Waals surface area (Å²) in [6, 6.07) is 18.5. The molecule has 0 saturated carbocycles. The predicted octanol–water partition coefficient (Wildman–Crippen LogP) is 5.05. The van der Waals surface area contributed by atoms with Gasteiger partial charge in [0.1, 0.15) is 11.6 Å². The zero-order valence-electron chi connectivity index (χ0n) is 16.7. The predicted molar refractivity (Wildman–Crippen MR) is 115 cm³/mol. The van der Waals surface area contributed by atoms with Crippen molar-refractivity contribution >= 4 is 23.3 Å². The highest BCUT2D eigenvalue weighted by Gasteiger charge is 2.27. The molecule has 31 heavy (non-hydrogen) atoms. The van der Waals surface area contributed by atoms with E-state index in [1.54, 1.807) is 58.3 Å². The topological polar surface area (TPSA) is 52.7 Å². The minimum Gasteiger partial charge on any atom is -0.322 e. The van der Waals surface area contributed by atoms with Crippen LogP contribution in [0.1, 0.15) is 22.3 Å². The number of benzene rings is 3. The highest BCUT2D eigenvalue weighted by Crippen LogP contribution is 2.23. The standard InChI is InChI=1S/C24H21F2N3O2/c25-19-6-3-7-20(15-19)27-23(30)17-9-11-21(12-10-17)29-14-4-13-28(24(29)31)16-18-5-1-2-8-22(18)26/h1-3,5-12,15H,4,13-14,16H2,(H,27,30). The van der Waals surface area contributed by atoms with Crippen LogP contribution in [0.2, 0.25) is 0 Å². The molecule has 3 aromatic rings. The Labute approximate surface area is 178 Å². The van der Waals surface area contributed by atoms with Crippen LogP contribution in [-0.4, -0.2) is 29.9 Å². The van der Waals surface area contributed by atoms with E-state index in [-0.39, 0.29) is 24.3 Å². The Hall–Kier alpha value is -3.74. The molecule has 4 rings (SSSR count). The molecule has 1 fully saturated rings. The van der Waals surface area contributed by atoms with Gasteiger partial charge in [-0.2, -0.15) is 0 Å². The number of amides is 3. The third-order valence-electron chi connectivity index (χ3n) is 5.15. The lowest BCUT2D eigenvalue weighted by molar-refractivity contribution is 0.102. The first-order valence-corrected chi connectivity index (χ1v) is 9.98. The van der Waals surface area contributed by atoms with Gasteiger partial charge in [0.2, 0.25) is 0 Å². The fourth-order valence-corrected chi connectivity index (χ4v) is 3.56. The van der Waals surface area contributed by atoms with Crippen LogP contribution in [0.4, 0.5) is 25.0 Å². The zero-order chi connectivity index (χ0) is 21.8. The summed E-state index contributed by atoms with van der Waals surface area (Å²) < 4.78 is 27.3. The van der Waals surface area contributed by atoms with Crippen LogP contribution in [-0.2, 0) is 6.54 Å². The van der Waals surface area contributed by atoms with Crippen LogP contribution in [0.25, 0.3) is 0 Å². The molecule has 0 atom stereocenters. The molecule has 0 aliphatic carbocycles. The quantitative estimate of drug-likeness (QED) is 0.627. The van der Waals surface area contributed by atoms with Crippen LogP contribution < -0.4 is 10.2 Å². The van der Waals surface area contributed by atoms with Gasteiger partial charge in [-0.05, 0) is 55.0 Å². The maximum Gasteiger partial charge on any atom is 0.324 e. The van der Waals surface area contributed by atoms with Crippen molar-refractivity contribution < 1.29 is 18.4 Å². The van der Waals surface area contributed by atoms with Gasteiger partial charge in [-0.15, -0.1) is 0 Å². The van der Waals surface area contributed by atoms with Gasteiger partial charge in [0, 0.05) is 35.6 Å². The summed E-state index contributed by atoms with van der Waals surface area (Å²) in [6.45, 7) is 1.30. The van der Waals surface area contributed by atoms with Gasteiger partial charge in [-0.25, -0.2) is 13.6 Å². The van der Waals surface area contributed by atoms with Crippen molar-refractivity contribution in [2.75, 3.05) is 23.3 Å². The number of halogens is 2. The molecular weight excluding hydrogens is 400 g/mol. The van der Waals surface area contributed by atoms with Crippen LogP contribution in [0.5, 0.6) is 0 Å². The molecule has 1 heterocycles. The molecule has 0 aromatic heterocycles. The average molecular weight is 421 g/mol. The number of carbonyl (C=O) groups excluding carboxylic acids is 2. The summed E-state index contributed by atoms with van der Waals surface area (Å²) in [5.74, 6) is -1.14. The fourth-order valence-electron chi connectivity index (χ4n) is 3.56. The molecule has 158 valence electrons. The lowest BCUT2D eigenvalue weighted by Crippen LogP contribution is -2.49. The van der Waals surface area contributed by atoms with E-state index in [0.717, 1.165) is 6.42 Å². The highest BCUT2D eigenvalue weighted by molar-refractivity contribution is 6.04. The van der Waals surface area contributed by atoms with Crippen molar-refractivity contribution in [2.45, 2.75) is 13.0 Å². The maximum atomic E-state index is 14.0. The molecule has 3 aromatic carbocycles. The molecule has 0 unspecified atom stereocenters. The molecule has 1 aliphatic rings. The first-order valence-electron chi connectivity index (χ1n) is 9.98. The molecular formula is C24H21F2N3O2. The van der Waals surface area contributed by atoms with Crippen molar-refractivity contribution in [1.82, 2.24) is 4.90 Å². The molecule has 3 amide bonds. The van der Waals surface area contributed by atoms with Crippen molar-refractivity contribution in [1.29, 1.82) is 0 Å². The van der Waals surface area contributed by atoms with Crippen LogP contribution >= 0.6 is 0 Å². The number of nitrogens with one attached hydrogen (secondary N) is 1. The SMILES string of the molecule is O=C(Nc1cccc(F)c1)c1ccc(N2CCCN(Cc3ccccc3F)C2=O)cc1. The van der Waals surface area contributed by atoms with E-state index in [1.165, 1.54) is 24.3 Å². The van der Waals surface area contributed by atoms with E-state index in [1.807, 2.05) is 0 Å². The maximum absolute atomic E-state index is 14.0. The summed E-state index contributed by atoms with van der Waals surface area (Å²) in [5.41, 5.74) is 1.89. The molecule has 0 radical (unpaired) electrons. The minimum absolute atomic E-state index is 0.202. The van der Waals surface area contributed by atoms with Crippen LogP contribution in [0.15, 0.2) is 72.8 Å². The monoisotopic (exact) mass is 421 g/mol. The van der Waals surface area contributed by atoms with Crippen molar-refractivity contribution in [3.8, 4) is 0 Å². The second-order valence-corrected chi connectivity index (χ2v) is 7.31. The van der Waals surface area contributed by atoms with Gasteiger partial charge in [-0.1, -0.05) is 24.3 Å². The lowest BCUT2D eigenvalue weighted by Gasteiger charge is -2.35. The van der Waals surface area contributed by atoms with Gasteiger partial charge < -0.3 is 10.2 Å². The average Bonchev–Trinajstić information content (AvgIpc) is 2.77. The Morgan fingerprint density at radius 1 is 0.935 bits per heavy atom. The van der Waals surface area contributed by atoms with E-state index in [9.17, 15) is 18.4 Å². The Morgan fingerprint density at radius 2 is 1.71 bits per heavy atom. The third-order valence-corrected chi connectivity index (χ3v) is 5.15. The summed E-state index contributed by atoms with van der Waals surface area (Å²) in [7, 11) is 0. The van der Waals surface area contributed by atoms with Gasteiger partial charge >= 0.3 is 6.03 Å². The summed E-state index contributed by atoms with van der Waals surface area (Å²) in [5, 5.41) is 2.64. The molecule has 1 aliphatic heterocycles. The van der Waals surface area contributed by atoms with Gasteiger partial charge in [0.25, 0.3) is 5.91 Å². The second kappa shape index (κ2) is 8.95. The normalized spacial score (nSPS) is 13.9. The first-order chi connectivity index (χ1) is 15.0. The molecule has 0 spiro atoms. The molecule has 7 heteroatoms. The first kappa shape index (κ1) is 20.5. The lowest BCUT2D eigenvalue weighted by atomic mass is 10.1. The van der Waals surface area contributed by atoms with E-state index in [4.69, 9.17) is 0 Å². The Bertz CT molecular complexity index is 1100. The fraction of sp³-hybridized carbons (Fsp3) is 0.167. The van der Waals surface area contributed by atoms with E-state index >= 15 is 0 Å². The van der Waals surface area contributed by atoms with E-state index in [2.05, 4.69) is 5.32 Å². The molecule has 1 saturated heterocycles. The Balaban J connectivity index is 1.45. The largest absolute Gasteiger partial charge is 0.324 e. The molecule has 1 N–H and O–H groups in total. The second-order valence-electron chi connectivity index (χ2n) is 7.31. The van der Waals surface area contributed by atoms with Gasteiger partial charge in [0.05, 0.1) is 6.54 Å². The number of hydrogen-bond acceptors (Lipinski definition) is 2. The van der Waals surface area contributed by atoms with Crippen molar-refractivity contribution in [2.24, 2.45) is 0 Å². The summed E-state index contributed by atoms with van der Waals surface area (Å²) in [4.78, 5) is 28.6. The van der Waals surface area contributed by atoms with Crippen LogP contribution in [0.3, 0.4) is 0 Å². The number of urea groups is 1. The smallest absolute Gasteiger partial charge is 0.322 e. The number of nitrogens with zero attached hydrogens (tertiary/aromatic N) is 2.